The van der Waals surface area contributed by atoms with Gasteiger partial charge in [0.2, 0.25) is 0 Å². The summed E-state index contributed by atoms with van der Waals surface area (Å²) in [6.45, 7) is 4.60. The van der Waals surface area contributed by atoms with Crippen LogP contribution < -0.4 is 0 Å². The Labute approximate surface area is 87.1 Å². The van der Waals surface area contributed by atoms with Crippen molar-refractivity contribution in [1.29, 1.82) is 0 Å². The van der Waals surface area contributed by atoms with Gasteiger partial charge in [0.1, 0.15) is 0 Å². The zero-order valence-corrected chi connectivity index (χ0v) is 9.16. The van der Waals surface area contributed by atoms with Crippen molar-refractivity contribution in [2.45, 2.75) is 32.2 Å². The van der Waals surface area contributed by atoms with E-state index >= 15 is 0 Å². The molecule has 0 saturated carbocycles. The van der Waals surface area contributed by atoms with Crippen molar-refractivity contribution in [3.8, 4) is 0 Å². The maximum absolute atomic E-state index is 8.69. The van der Waals surface area contributed by atoms with Crippen LogP contribution in [0.4, 0.5) is 0 Å². The van der Waals surface area contributed by atoms with Gasteiger partial charge in [0.05, 0.1) is 6.61 Å². The summed E-state index contributed by atoms with van der Waals surface area (Å²) in [4.78, 5) is 2.36. The van der Waals surface area contributed by atoms with Gasteiger partial charge in [-0.15, -0.1) is 24.8 Å². The second-order valence-electron chi connectivity index (χ2n) is 3.10. The van der Waals surface area contributed by atoms with Gasteiger partial charge in [0.25, 0.3) is 0 Å². The van der Waals surface area contributed by atoms with Gasteiger partial charge in [0.15, 0.2) is 0 Å². The van der Waals surface area contributed by atoms with E-state index in [9.17, 15) is 0 Å². The average Bonchev–Trinajstić information content (AvgIpc) is 1.94. The van der Waals surface area contributed by atoms with Gasteiger partial charge in [-0.25, -0.2) is 0 Å². The molecule has 0 aliphatic carbocycles. The molecule has 2 nitrogen and oxygen atoms in total. The number of likely N-dealkylation sites (tertiary alicyclic amines) is 1. The fourth-order valence-corrected chi connectivity index (χ4v) is 1.62. The molecule has 0 aromatic carbocycles. The predicted molar refractivity (Wildman–Crippen MR) is 56.5 cm³/mol. The number of hydrogen-bond donors (Lipinski definition) is 1. The highest BCUT2D eigenvalue weighted by Gasteiger charge is 2.16. The maximum Gasteiger partial charge on any atom is 0.0558 e. The Morgan fingerprint density at radius 3 is 2.50 bits per heavy atom. The summed E-state index contributed by atoms with van der Waals surface area (Å²) < 4.78 is 0. The second-order valence-corrected chi connectivity index (χ2v) is 3.10. The number of aliphatic hydroxyl groups is 1. The first-order chi connectivity index (χ1) is 4.84. The lowest BCUT2D eigenvalue weighted by atomic mass is 10.0. The largest absolute Gasteiger partial charge is 0.395 e. The quantitative estimate of drug-likeness (QED) is 0.759. The van der Waals surface area contributed by atoms with Crippen molar-refractivity contribution < 1.29 is 5.11 Å². The molecule has 1 rings (SSSR count). The highest BCUT2D eigenvalue weighted by atomic mass is 35.5. The van der Waals surface area contributed by atoms with Crippen molar-refractivity contribution in [2.75, 3.05) is 19.7 Å². The summed E-state index contributed by atoms with van der Waals surface area (Å²) in [7, 11) is 0. The van der Waals surface area contributed by atoms with Gasteiger partial charge in [-0.2, -0.15) is 0 Å². The Balaban J connectivity index is 0. The van der Waals surface area contributed by atoms with E-state index in [0.29, 0.717) is 12.6 Å². The number of piperidine rings is 1. The zero-order valence-electron chi connectivity index (χ0n) is 7.53. The van der Waals surface area contributed by atoms with Crippen LogP contribution in [0.15, 0.2) is 0 Å². The predicted octanol–water partition coefficient (Wildman–Crippen LogP) is 1.70. The number of nitrogens with zero attached hydrogens (tertiary/aromatic N) is 1. The van der Waals surface area contributed by atoms with Crippen molar-refractivity contribution in [3.05, 3.63) is 0 Å². The normalized spacial score (nSPS) is 24.0. The smallest absolute Gasteiger partial charge is 0.0558 e. The Hall–Kier alpha value is 0.500. The van der Waals surface area contributed by atoms with Gasteiger partial charge < -0.3 is 5.11 Å². The third kappa shape index (κ3) is 4.51. The number of halogens is 2. The summed E-state index contributed by atoms with van der Waals surface area (Å²) in [6, 6.07) is 0.695. The molecule has 1 fully saturated rings. The molecule has 1 saturated heterocycles. The molecule has 0 aromatic rings. The monoisotopic (exact) mass is 215 g/mol. The first kappa shape index (κ1) is 15.0. The molecule has 0 aromatic heterocycles. The fraction of sp³-hybridized carbons (Fsp3) is 1.00. The number of aliphatic hydroxyl groups excluding tert-OH is 1. The van der Waals surface area contributed by atoms with Crippen LogP contribution >= 0.6 is 24.8 Å². The third-order valence-electron chi connectivity index (χ3n) is 2.33. The molecule has 1 unspecified atom stereocenters. The summed E-state index contributed by atoms with van der Waals surface area (Å²) in [5.74, 6) is 0. The van der Waals surface area contributed by atoms with Gasteiger partial charge in [-0.3, -0.25) is 4.90 Å². The lowest BCUT2D eigenvalue weighted by Crippen LogP contribution is -2.39. The summed E-state index contributed by atoms with van der Waals surface area (Å²) in [6.07, 6.45) is 3.98. The fourth-order valence-electron chi connectivity index (χ4n) is 1.62. The summed E-state index contributed by atoms with van der Waals surface area (Å²) >= 11 is 0. The number of hydrogen-bond acceptors (Lipinski definition) is 2. The minimum absolute atomic E-state index is 0. The Morgan fingerprint density at radius 1 is 1.33 bits per heavy atom. The average molecular weight is 216 g/mol. The molecule has 12 heavy (non-hydrogen) atoms. The molecule has 1 N–H and O–H groups in total. The molecule has 0 bridgehead atoms. The molecule has 1 aliphatic rings. The minimum atomic E-state index is 0. The van der Waals surface area contributed by atoms with E-state index < -0.39 is 0 Å². The molecule has 1 atom stereocenters. The summed E-state index contributed by atoms with van der Waals surface area (Å²) in [5, 5.41) is 8.69. The second kappa shape index (κ2) is 8.11. The topological polar surface area (TPSA) is 23.5 Å². The minimum Gasteiger partial charge on any atom is -0.395 e. The lowest BCUT2D eigenvalue weighted by molar-refractivity contribution is 0.126. The molecule has 0 radical (unpaired) electrons. The lowest BCUT2D eigenvalue weighted by Gasteiger charge is -2.32. The first-order valence-electron chi connectivity index (χ1n) is 4.19. The first-order valence-corrected chi connectivity index (χ1v) is 4.19. The van der Waals surface area contributed by atoms with Crippen LogP contribution in [-0.4, -0.2) is 35.7 Å². The van der Waals surface area contributed by atoms with E-state index in [2.05, 4.69) is 11.8 Å². The SMILES string of the molecule is CC1CCCCN1CCO.Cl.Cl. The van der Waals surface area contributed by atoms with Crippen LogP contribution in [-0.2, 0) is 0 Å². The number of β-amino-alcohol motifs (C(OH)–C–C–N with tert-alkyl or cyclic N) is 1. The van der Waals surface area contributed by atoms with Crippen molar-refractivity contribution in [2.24, 2.45) is 0 Å². The standard InChI is InChI=1S/C8H17NO.2ClH/c1-8-4-2-3-5-9(8)6-7-10;;/h8,10H,2-7H2,1H3;2*1H. The number of rotatable bonds is 2. The van der Waals surface area contributed by atoms with E-state index in [1.54, 1.807) is 0 Å². The summed E-state index contributed by atoms with van der Waals surface area (Å²) in [5.41, 5.74) is 0. The van der Waals surface area contributed by atoms with Gasteiger partial charge >= 0.3 is 0 Å². The maximum atomic E-state index is 8.69. The van der Waals surface area contributed by atoms with E-state index in [1.165, 1.54) is 25.8 Å². The Kier molecular flexibility index (Phi) is 10.1. The van der Waals surface area contributed by atoms with Crippen LogP contribution in [0.1, 0.15) is 26.2 Å². The van der Waals surface area contributed by atoms with Crippen molar-refractivity contribution >= 4 is 24.8 Å². The Morgan fingerprint density at radius 2 is 2.00 bits per heavy atom. The molecular formula is C8H19Cl2NO. The van der Waals surface area contributed by atoms with Gasteiger partial charge in [-0.05, 0) is 26.3 Å². The van der Waals surface area contributed by atoms with Crippen LogP contribution in [0.2, 0.25) is 0 Å². The molecule has 0 spiro atoms. The molecular weight excluding hydrogens is 197 g/mol. The van der Waals surface area contributed by atoms with Crippen LogP contribution in [0.3, 0.4) is 0 Å². The van der Waals surface area contributed by atoms with Crippen molar-refractivity contribution in [1.82, 2.24) is 4.90 Å². The van der Waals surface area contributed by atoms with Crippen LogP contribution in [0.5, 0.6) is 0 Å². The van der Waals surface area contributed by atoms with Gasteiger partial charge in [0, 0.05) is 12.6 Å². The van der Waals surface area contributed by atoms with E-state index in [0.717, 1.165) is 6.54 Å². The van der Waals surface area contributed by atoms with Gasteiger partial charge in [-0.1, -0.05) is 6.42 Å². The molecule has 76 valence electrons. The molecule has 1 heterocycles. The highest BCUT2D eigenvalue weighted by Crippen LogP contribution is 2.14. The molecule has 0 amide bonds. The van der Waals surface area contributed by atoms with E-state index in [-0.39, 0.29) is 24.8 Å². The third-order valence-corrected chi connectivity index (χ3v) is 2.33. The molecule has 1 aliphatic heterocycles. The highest BCUT2D eigenvalue weighted by molar-refractivity contribution is 5.85. The van der Waals surface area contributed by atoms with Crippen molar-refractivity contribution in [3.63, 3.8) is 0 Å². The Bertz CT molecular complexity index is 101. The van der Waals surface area contributed by atoms with E-state index in [4.69, 9.17) is 5.11 Å². The van der Waals surface area contributed by atoms with Crippen LogP contribution in [0, 0.1) is 0 Å². The van der Waals surface area contributed by atoms with E-state index in [1.807, 2.05) is 0 Å². The zero-order chi connectivity index (χ0) is 7.40. The van der Waals surface area contributed by atoms with Crippen LogP contribution in [0.25, 0.3) is 0 Å². The molecule has 4 heteroatoms.